The minimum atomic E-state index is -0.886. The Morgan fingerprint density at radius 1 is 0.976 bits per heavy atom. The highest BCUT2D eigenvalue weighted by molar-refractivity contribution is 5.80. The molecule has 0 aliphatic heterocycles. The van der Waals surface area contributed by atoms with Gasteiger partial charge >= 0.3 is 17.9 Å². The van der Waals surface area contributed by atoms with Gasteiger partial charge in [-0.3, -0.25) is 14.4 Å². The van der Waals surface area contributed by atoms with Crippen LogP contribution in [0.15, 0.2) is 11.6 Å². The number of rotatable bonds is 4. The van der Waals surface area contributed by atoms with Crippen LogP contribution in [0.2, 0.25) is 0 Å². The Kier molecular flexibility index (Phi) is 7.10. The van der Waals surface area contributed by atoms with Gasteiger partial charge in [0, 0.05) is 12.3 Å². The first-order chi connectivity index (χ1) is 19.0. The molecule has 0 bridgehead atoms. The molecule has 4 fully saturated rings. The average Bonchev–Trinajstić information content (AvgIpc) is 2.90. The Hall–Kier alpha value is -1.93. The van der Waals surface area contributed by atoms with Crippen LogP contribution in [-0.4, -0.2) is 59.2 Å². The normalized spacial score (nSPS) is 50.7. The number of carboxylic acids is 1. The maximum Gasteiger partial charge on any atom is 0.311 e. The van der Waals surface area contributed by atoms with E-state index in [4.69, 9.17) is 9.47 Å². The summed E-state index contributed by atoms with van der Waals surface area (Å²) in [6.07, 6.45) is 6.38. The van der Waals surface area contributed by atoms with E-state index in [0.29, 0.717) is 32.1 Å². The number of ether oxygens (including phenoxy) is 2. The fourth-order valence-corrected chi connectivity index (χ4v) is 11.4. The van der Waals surface area contributed by atoms with Crippen molar-refractivity contribution in [3.8, 4) is 0 Å². The van der Waals surface area contributed by atoms with Crippen LogP contribution in [0.25, 0.3) is 0 Å². The molecule has 0 amide bonds. The van der Waals surface area contributed by atoms with Gasteiger partial charge in [0.05, 0.1) is 30.7 Å². The van der Waals surface area contributed by atoms with E-state index in [1.807, 2.05) is 13.8 Å². The first kappa shape index (κ1) is 30.5. The predicted molar refractivity (Wildman–Crippen MR) is 151 cm³/mol. The van der Waals surface area contributed by atoms with Gasteiger partial charge in [0.2, 0.25) is 0 Å². The van der Waals surface area contributed by atoms with E-state index in [1.165, 1.54) is 19.6 Å². The highest BCUT2D eigenvalue weighted by Crippen LogP contribution is 2.76. The van der Waals surface area contributed by atoms with Crippen LogP contribution in [0.1, 0.15) is 99.3 Å². The van der Waals surface area contributed by atoms with Gasteiger partial charge in [0.15, 0.2) is 0 Å². The van der Waals surface area contributed by atoms with Crippen LogP contribution >= 0.6 is 0 Å². The van der Waals surface area contributed by atoms with Crippen LogP contribution in [-0.2, 0) is 23.9 Å². The number of aliphatic hydroxyl groups is 2. The summed E-state index contributed by atoms with van der Waals surface area (Å²) in [4.78, 5) is 37.9. The quantitative estimate of drug-likeness (QED) is 0.319. The van der Waals surface area contributed by atoms with Gasteiger partial charge in [-0.05, 0) is 98.7 Å². The van der Waals surface area contributed by atoms with E-state index in [2.05, 4.69) is 26.8 Å². The summed E-state index contributed by atoms with van der Waals surface area (Å²) >= 11 is 0. The van der Waals surface area contributed by atoms with Crippen LogP contribution in [0.3, 0.4) is 0 Å². The molecule has 0 aromatic rings. The van der Waals surface area contributed by atoms with Gasteiger partial charge in [-0.1, -0.05) is 39.3 Å². The molecule has 4 saturated carbocycles. The molecule has 8 heteroatoms. The molecule has 8 nitrogen and oxygen atoms in total. The highest BCUT2D eigenvalue weighted by Gasteiger charge is 2.71. The van der Waals surface area contributed by atoms with Crippen LogP contribution < -0.4 is 0 Å². The molecule has 3 N–H and O–H groups in total. The second-order valence-corrected chi connectivity index (χ2v) is 15.5. The molecule has 2 unspecified atom stereocenters. The standard InChI is InChI=1S/C33H50O8/c1-19(35)41-25-22(36)17-29(3)23(30(25,4)18-34)10-11-32(6)24(29)9-8-20-21-16-28(2,27(39)40-7)12-14-33(21,26(37)38)15-13-31(20,32)5/h8,21-25,34,36H,9-18H2,1-7H3,(H,37,38)/t21-,22?,23+,24+,25?,28-,29-,30-,31+,32+,33-/m0/s1. The summed E-state index contributed by atoms with van der Waals surface area (Å²) in [5, 5.41) is 32.8. The second kappa shape index (κ2) is 9.54. The SMILES string of the molecule is COC(=O)[C@@]1(C)CC[C@]2(C(=O)O)CC[C@]3(C)C(=CC[C@@H]4[C@@]5(C)CC(O)C(OC(C)=O)[C@@](C)(CO)[C@@H]5CC[C@]43C)[C@@H]2C1. The molecule has 0 radical (unpaired) electrons. The van der Waals surface area contributed by atoms with Gasteiger partial charge in [0.1, 0.15) is 6.10 Å². The molecule has 0 saturated heterocycles. The fraction of sp³-hybridized carbons (Fsp3) is 0.848. The predicted octanol–water partition coefficient (Wildman–Crippen LogP) is 4.90. The monoisotopic (exact) mass is 574 g/mol. The maximum absolute atomic E-state index is 13.0. The largest absolute Gasteiger partial charge is 0.481 e. The van der Waals surface area contributed by atoms with Crippen molar-refractivity contribution in [2.45, 2.75) is 112 Å². The van der Waals surface area contributed by atoms with E-state index in [0.717, 1.165) is 25.7 Å². The molecular formula is C33H50O8. The first-order valence-electron chi connectivity index (χ1n) is 15.5. The van der Waals surface area contributed by atoms with Crippen molar-refractivity contribution in [3.05, 3.63) is 11.6 Å². The van der Waals surface area contributed by atoms with Crippen molar-refractivity contribution in [1.29, 1.82) is 0 Å². The van der Waals surface area contributed by atoms with Crippen molar-refractivity contribution in [1.82, 2.24) is 0 Å². The van der Waals surface area contributed by atoms with Crippen molar-refractivity contribution in [2.75, 3.05) is 13.7 Å². The molecule has 11 atom stereocenters. The smallest absolute Gasteiger partial charge is 0.311 e. The number of esters is 2. The molecule has 5 aliphatic rings. The van der Waals surface area contributed by atoms with E-state index in [9.17, 15) is 29.7 Å². The Bertz CT molecular complexity index is 1160. The number of hydrogen-bond acceptors (Lipinski definition) is 7. The lowest BCUT2D eigenvalue weighted by atomic mass is 9.33. The third-order valence-corrected chi connectivity index (χ3v) is 13.9. The number of aliphatic carboxylic acids is 1. The number of carbonyl (C=O) groups excluding carboxylic acids is 2. The Labute approximate surface area is 244 Å². The van der Waals surface area contributed by atoms with E-state index < -0.39 is 40.4 Å². The zero-order chi connectivity index (χ0) is 30.4. The zero-order valence-electron chi connectivity index (χ0n) is 25.9. The number of methoxy groups -OCH3 is 1. The van der Waals surface area contributed by atoms with Crippen molar-refractivity contribution >= 4 is 17.9 Å². The van der Waals surface area contributed by atoms with Crippen molar-refractivity contribution < 1.29 is 39.2 Å². The van der Waals surface area contributed by atoms with E-state index in [1.54, 1.807) is 0 Å². The fourth-order valence-electron chi connectivity index (χ4n) is 11.4. The molecule has 0 aromatic heterocycles. The molecule has 5 rings (SSSR count). The van der Waals surface area contributed by atoms with Gasteiger partial charge < -0.3 is 24.8 Å². The van der Waals surface area contributed by atoms with E-state index in [-0.39, 0.29) is 46.6 Å². The molecule has 5 aliphatic carbocycles. The van der Waals surface area contributed by atoms with Crippen LogP contribution in [0, 0.1) is 50.2 Å². The van der Waals surface area contributed by atoms with Gasteiger partial charge in [-0.25, -0.2) is 0 Å². The summed E-state index contributed by atoms with van der Waals surface area (Å²) in [7, 11) is 1.41. The first-order valence-corrected chi connectivity index (χ1v) is 15.5. The summed E-state index contributed by atoms with van der Waals surface area (Å²) in [6.45, 7) is 12.0. The Morgan fingerprint density at radius 3 is 2.22 bits per heavy atom. The third-order valence-electron chi connectivity index (χ3n) is 13.9. The number of carbonyl (C=O) groups is 3. The lowest BCUT2D eigenvalue weighted by Gasteiger charge is -2.71. The number of allylic oxidation sites excluding steroid dienone is 2. The van der Waals surface area contributed by atoms with Crippen LogP contribution in [0.5, 0.6) is 0 Å². The minimum absolute atomic E-state index is 0.0448. The Balaban J connectivity index is 1.59. The molecule has 0 heterocycles. The lowest BCUT2D eigenvalue weighted by Crippen LogP contribution is -2.68. The lowest BCUT2D eigenvalue weighted by molar-refractivity contribution is -0.250. The molecular weight excluding hydrogens is 524 g/mol. The molecule has 0 spiro atoms. The zero-order valence-corrected chi connectivity index (χ0v) is 25.9. The maximum atomic E-state index is 13.0. The van der Waals surface area contributed by atoms with Crippen LogP contribution in [0.4, 0.5) is 0 Å². The third kappa shape index (κ3) is 3.87. The summed E-state index contributed by atoms with van der Waals surface area (Å²) in [5.74, 6) is -1.48. The highest BCUT2D eigenvalue weighted by atomic mass is 16.6. The Morgan fingerprint density at radius 2 is 1.63 bits per heavy atom. The molecule has 41 heavy (non-hydrogen) atoms. The van der Waals surface area contributed by atoms with E-state index >= 15 is 0 Å². The van der Waals surface area contributed by atoms with Gasteiger partial charge in [0.25, 0.3) is 0 Å². The van der Waals surface area contributed by atoms with Gasteiger partial charge in [-0.2, -0.15) is 0 Å². The van der Waals surface area contributed by atoms with Crippen molar-refractivity contribution in [3.63, 3.8) is 0 Å². The average molecular weight is 575 g/mol. The summed E-state index contributed by atoms with van der Waals surface area (Å²) < 4.78 is 10.9. The number of fused-ring (bicyclic) bond motifs is 7. The number of hydrogen-bond donors (Lipinski definition) is 3. The van der Waals surface area contributed by atoms with Crippen molar-refractivity contribution in [2.24, 2.45) is 50.2 Å². The molecule has 0 aromatic carbocycles. The summed E-state index contributed by atoms with van der Waals surface area (Å²) in [5.41, 5.74) is -1.94. The topological polar surface area (TPSA) is 130 Å². The number of carboxylic acid groups (broad SMARTS) is 1. The summed E-state index contributed by atoms with van der Waals surface area (Å²) in [6, 6.07) is 0. The molecule has 230 valence electrons. The minimum Gasteiger partial charge on any atom is -0.481 e. The van der Waals surface area contributed by atoms with Gasteiger partial charge in [-0.15, -0.1) is 0 Å². The number of aliphatic hydroxyl groups excluding tert-OH is 2. The second-order valence-electron chi connectivity index (χ2n) is 15.5.